The van der Waals surface area contributed by atoms with Crippen LogP contribution in [0.25, 0.3) is 0 Å². The maximum Gasteiger partial charge on any atom is 0.338 e. The molecule has 0 saturated carbocycles. The van der Waals surface area contributed by atoms with E-state index >= 15 is 0 Å². The summed E-state index contributed by atoms with van der Waals surface area (Å²) in [5.74, 6) is -1.25. The Morgan fingerprint density at radius 2 is 1.77 bits per heavy atom. The third-order valence-corrected chi connectivity index (χ3v) is 5.01. The first-order chi connectivity index (χ1) is 12.3. The lowest BCUT2D eigenvalue weighted by Gasteiger charge is -2.10. The fourth-order valence-electron chi connectivity index (χ4n) is 2.19. The van der Waals surface area contributed by atoms with Crippen LogP contribution in [0.2, 0.25) is 0 Å². The predicted molar refractivity (Wildman–Crippen MR) is 97.4 cm³/mol. The first-order valence-electron chi connectivity index (χ1n) is 7.96. The second kappa shape index (κ2) is 8.59. The van der Waals surface area contributed by atoms with E-state index in [1.807, 2.05) is 6.07 Å². The average molecular weight is 376 g/mol. The van der Waals surface area contributed by atoms with E-state index in [2.05, 4.69) is 10.0 Å². The molecule has 2 aromatic carbocycles. The highest BCUT2D eigenvalue weighted by molar-refractivity contribution is 7.89. The number of esters is 1. The van der Waals surface area contributed by atoms with E-state index in [9.17, 15) is 18.0 Å². The molecular formula is C18H20N2O5S. The van der Waals surface area contributed by atoms with Gasteiger partial charge in [-0.15, -0.1) is 0 Å². The molecule has 0 spiro atoms. The van der Waals surface area contributed by atoms with Crippen LogP contribution in [0.3, 0.4) is 0 Å². The Kier molecular flexibility index (Phi) is 6.48. The van der Waals surface area contributed by atoms with Gasteiger partial charge >= 0.3 is 5.97 Å². The highest BCUT2D eigenvalue weighted by atomic mass is 32.2. The van der Waals surface area contributed by atoms with Gasteiger partial charge in [0.1, 0.15) is 0 Å². The molecule has 0 heterocycles. The van der Waals surface area contributed by atoms with Crippen molar-refractivity contribution in [1.82, 2.24) is 4.72 Å². The molecule has 138 valence electrons. The molecule has 0 saturated heterocycles. The van der Waals surface area contributed by atoms with E-state index in [4.69, 9.17) is 4.74 Å². The van der Waals surface area contributed by atoms with Crippen molar-refractivity contribution in [2.24, 2.45) is 0 Å². The van der Waals surface area contributed by atoms with E-state index in [1.54, 1.807) is 38.1 Å². The number of hydrogen-bond acceptors (Lipinski definition) is 5. The zero-order valence-corrected chi connectivity index (χ0v) is 15.3. The number of sulfonamides is 1. The molecular weight excluding hydrogens is 356 g/mol. The van der Waals surface area contributed by atoms with Gasteiger partial charge in [0.15, 0.2) is 6.61 Å². The molecule has 0 aliphatic rings. The number of ether oxygens (including phenoxy) is 1. The molecule has 26 heavy (non-hydrogen) atoms. The van der Waals surface area contributed by atoms with Gasteiger partial charge in [0.25, 0.3) is 5.91 Å². The van der Waals surface area contributed by atoms with Crippen molar-refractivity contribution >= 4 is 27.6 Å². The standard InChI is InChI=1S/C18H20N2O5S/c1-3-19-26(23,24)15-10-9-13(2)16(11-15)18(22)25-12-17(21)20-14-7-5-4-6-8-14/h4-11,19H,3,12H2,1-2H3,(H,20,21). The van der Waals surface area contributed by atoms with E-state index < -0.39 is 28.5 Å². The van der Waals surface area contributed by atoms with Crippen LogP contribution in [0.1, 0.15) is 22.8 Å². The molecule has 1 amide bonds. The number of aryl methyl sites for hydroxylation is 1. The average Bonchev–Trinajstić information content (AvgIpc) is 2.60. The van der Waals surface area contributed by atoms with Crippen LogP contribution in [0.5, 0.6) is 0 Å². The molecule has 0 aliphatic carbocycles. The Bertz CT molecular complexity index is 895. The summed E-state index contributed by atoms with van der Waals surface area (Å²) in [5.41, 5.74) is 1.23. The topological polar surface area (TPSA) is 102 Å². The third-order valence-electron chi connectivity index (χ3n) is 3.47. The lowest BCUT2D eigenvalue weighted by atomic mass is 10.1. The zero-order chi connectivity index (χ0) is 19.2. The number of nitrogens with one attached hydrogen (secondary N) is 2. The maximum atomic E-state index is 12.2. The smallest absolute Gasteiger partial charge is 0.338 e. The second-order valence-electron chi connectivity index (χ2n) is 5.47. The van der Waals surface area contributed by atoms with Crippen LogP contribution in [0.15, 0.2) is 53.4 Å². The Morgan fingerprint density at radius 3 is 2.42 bits per heavy atom. The van der Waals surface area contributed by atoms with Gasteiger partial charge in [0, 0.05) is 12.2 Å². The summed E-state index contributed by atoms with van der Waals surface area (Å²) in [6.45, 7) is 3.07. The van der Waals surface area contributed by atoms with Crippen molar-refractivity contribution < 1.29 is 22.7 Å². The number of benzene rings is 2. The Hall–Kier alpha value is -2.71. The van der Waals surface area contributed by atoms with Crippen molar-refractivity contribution in [3.63, 3.8) is 0 Å². The Morgan fingerprint density at radius 1 is 1.08 bits per heavy atom. The van der Waals surface area contributed by atoms with Crippen LogP contribution in [-0.4, -0.2) is 33.4 Å². The number of anilines is 1. The monoisotopic (exact) mass is 376 g/mol. The van der Waals surface area contributed by atoms with Crippen molar-refractivity contribution in [2.45, 2.75) is 18.7 Å². The number of amides is 1. The van der Waals surface area contributed by atoms with Gasteiger partial charge in [-0.1, -0.05) is 31.2 Å². The summed E-state index contributed by atoms with van der Waals surface area (Å²) >= 11 is 0. The van der Waals surface area contributed by atoms with Gasteiger partial charge in [-0.05, 0) is 36.8 Å². The van der Waals surface area contributed by atoms with Gasteiger partial charge in [0.05, 0.1) is 10.5 Å². The molecule has 0 aromatic heterocycles. The summed E-state index contributed by atoms with van der Waals surface area (Å²) in [4.78, 5) is 24.1. The molecule has 0 radical (unpaired) electrons. The molecule has 0 unspecified atom stereocenters. The lowest BCUT2D eigenvalue weighted by Crippen LogP contribution is -2.24. The number of carbonyl (C=O) groups excluding carboxylic acids is 2. The molecule has 0 fully saturated rings. The van der Waals surface area contributed by atoms with Crippen LogP contribution in [0, 0.1) is 6.92 Å². The van der Waals surface area contributed by atoms with Crippen LogP contribution in [0.4, 0.5) is 5.69 Å². The highest BCUT2D eigenvalue weighted by Gasteiger charge is 2.18. The van der Waals surface area contributed by atoms with Crippen molar-refractivity contribution in [1.29, 1.82) is 0 Å². The predicted octanol–water partition coefficient (Wildman–Crippen LogP) is 2.09. The van der Waals surface area contributed by atoms with E-state index in [1.165, 1.54) is 18.2 Å². The van der Waals surface area contributed by atoms with Crippen molar-refractivity contribution in [2.75, 3.05) is 18.5 Å². The SMILES string of the molecule is CCNS(=O)(=O)c1ccc(C)c(C(=O)OCC(=O)Nc2ccccc2)c1. The minimum Gasteiger partial charge on any atom is -0.452 e. The first kappa shape index (κ1) is 19.6. The van der Waals surface area contributed by atoms with Crippen LogP contribution >= 0.6 is 0 Å². The largest absolute Gasteiger partial charge is 0.452 e. The number of carbonyl (C=O) groups is 2. The van der Waals surface area contributed by atoms with Crippen molar-refractivity contribution in [3.05, 3.63) is 59.7 Å². The normalized spacial score (nSPS) is 11.0. The van der Waals surface area contributed by atoms with E-state index in [-0.39, 0.29) is 17.0 Å². The fourth-order valence-corrected chi connectivity index (χ4v) is 3.26. The summed E-state index contributed by atoms with van der Waals surface area (Å²) in [5, 5.41) is 2.59. The Labute approximate surface area is 152 Å². The summed E-state index contributed by atoms with van der Waals surface area (Å²) < 4.78 is 31.5. The molecule has 2 rings (SSSR count). The van der Waals surface area contributed by atoms with Gasteiger partial charge in [-0.2, -0.15) is 0 Å². The molecule has 7 nitrogen and oxygen atoms in total. The zero-order valence-electron chi connectivity index (χ0n) is 14.5. The van der Waals surface area contributed by atoms with E-state index in [0.717, 1.165) is 0 Å². The molecule has 8 heteroatoms. The Balaban J connectivity index is 2.06. The maximum absolute atomic E-state index is 12.2. The fraction of sp³-hybridized carbons (Fsp3) is 0.222. The molecule has 0 atom stereocenters. The number of rotatable bonds is 7. The third kappa shape index (κ3) is 5.14. The van der Waals surface area contributed by atoms with Gasteiger partial charge in [-0.25, -0.2) is 17.9 Å². The van der Waals surface area contributed by atoms with Gasteiger partial charge in [0.2, 0.25) is 10.0 Å². The molecule has 0 bridgehead atoms. The molecule has 2 N–H and O–H groups in total. The van der Waals surface area contributed by atoms with Gasteiger partial charge in [-0.3, -0.25) is 4.79 Å². The van der Waals surface area contributed by atoms with Crippen LogP contribution < -0.4 is 10.0 Å². The number of hydrogen-bond donors (Lipinski definition) is 2. The summed E-state index contributed by atoms with van der Waals surface area (Å²) in [6, 6.07) is 12.9. The second-order valence-corrected chi connectivity index (χ2v) is 7.24. The minimum absolute atomic E-state index is 0.0364. The molecule has 0 aliphatic heterocycles. The summed E-state index contributed by atoms with van der Waals surface area (Å²) in [7, 11) is -3.69. The van der Waals surface area contributed by atoms with Gasteiger partial charge < -0.3 is 10.1 Å². The quantitative estimate of drug-likeness (QED) is 0.721. The van der Waals surface area contributed by atoms with Crippen LogP contribution in [-0.2, 0) is 19.6 Å². The molecule has 2 aromatic rings. The number of para-hydroxylation sites is 1. The lowest BCUT2D eigenvalue weighted by molar-refractivity contribution is -0.119. The first-order valence-corrected chi connectivity index (χ1v) is 9.44. The highest BCUT2D eigenvalue weighted by Crippen LogP contribution is 2.16. The minimum atomic E-state index is -3.69. The van der Waals surface area contributed by atoms with E-state index in [0.29, 0.717) is 11.3 Å². The summed E-state index contributed by atoms with van der Waals surface area (Å²) in [6.07, 6.45) is 0. The van der Waals surface area contributed by atoms with Crippen molar-refractivity contribution in [3.8, 4) is 0 Å².